The van der Waals surface area contributed by atoms with Gasteiger partial charge < -0.3 is 15.4 Å². The van der Waals surface area contributed by atoms with Crippen molar-refractivity contribution in [3.63, 3.8) is 0 Å². The molecule has 0 aliphatic carbocycles. The van der Waals surface area contributed by atoms with Crippen LogP contribution in [0.25, 0.3) is 0 Å². The summed E-state index contributed by atoms with van der Waals surface area (Å²) < 4.78 is 30.8. The molecular weight excluding hydrogens is 270 g/mol. The number of benzene rings is 1. The number of nitrogens with zero attached hydrogens (tertiary/aromatic N) is 1. The largest absolute Gasteiger partial charge is 0.400 e. The number of nitrogens with two attached hydrogens (primary N) is 1. The maximum atomic E-state index is 11.9. The second kappa shape index (κ2) is 6.21. The third-order valence-corrected chi connectivity index (χ3v) is 3.43. The number of nitrogens with one attached hydrogen (secondary N) is 1. The molecule has 0 amide bonds. The van der Waals surface area contributed by atoms with Crippen LogP contribution in [0.2, 0.25) is 0 Å². The van der Waals surface area contributed by atoms with Crippen molar-refractivity contribution >= 4 is 21.5 Å². The van der Waals surface area contributed by atoms with E-state index in [9.17, 15) is 8.42 Å². The Kier molecular flexibility index (Phi) is 4.90. The number of sulfonamides is 1. The van der Waals surface area contributed by atoms with Gasteiger partial charge in [-0.25, -0.2) is 8.42 Å². The van der Waals surface area contributed by atoms with Crippen LogP contribution in [0.3, 0.4) is 0 Å². The second-order valence-electron chi connectivity index (χ2n) is 3.50. The zero-order valence-electron chi connectivity index (χ0n) is 10.5. The average molecular weight is 285 g/mol. The van der Waals surface area contributed by atoms with Crippen LogP contribution in [0.5, 0.6) is 0 Å². The first-order valence-corrected chi connectivity index (χ1v) is 6.72. The first kappa shape index (κ1) is 15.0. The van der Waals surface area contributed by atoms with Crippen molar-refractivity contribution in [2.24, 2.45) is 0 Å². The van der Waals surface area contributed by atoms with E-state index in [0.29, 0.717) is 11.4 Å². The monoisotopic (exact) mass is 285 g/mol. The Bertz CT molecular complexity index is 620. The molecule has 4 N–H and O–H groups in total. The van der Waals surface area contributed by atoms with Crippen LogP contribution in [0.15, 0.2) is 39.8 Å². The number of aryl methyl sites for hydroxylation is 1. The molecule has 19 heavy (non-hydrogen) atoms. The van der Waals surface area contributed by atoms with Gasteiger partial charge in [0.25, 0.3) is 10.0 Å². The van der Waals surface area contributed by atoms with Gasteiger partial charge in [0.1, 0.15) is 5.76 Å². The molecule has 2 rings (SSSR count). The molecule has 1 aromatic carbocycles. The van der Waals surface area contributed by atoms with E-state index in [-0.39, 0.29) is 10.7 Å². The van der Waals surface area contributed by atoms with E-state index in [1.807, 2.05) is 0 Å². The Labute approximate surface area is 111 Å². The molecule has 0 bridgehead atoms. The molecule has 0 aliphatic rings. The van der Waals surface area contributed by atoms with E-state index < -0.39 is 10.0 Å². The quantitative estimate of drug-likeness (QED) is 0.723. The number of hydrogen-bond donors (Lipinski definition) is 3. The summed E-state index contributed by atoms with van der Waals surface area (Å²) in [5, 5.41) is 10.6. The molecule has 7 nitrogen and oxygen atoms in total. The Balaban J connectivity index is 0.000000861. The number of hydrogen-bond acceptors (Lipinski definition) is 6. The lowest BCUT2D eigenvalue weighted by atomic mass is 10.3. The van der Waals surface area contributed by atoms with Gasteiger partial charge in [-0.3, -0.25) is 4.72 Å². The predicted molar refractivity (Wildman–Crippen MR) is 71.0 cm³/mol. The van der Waals surface area contributed by atoms with Crippen molar-refractivity contribution < 1.29 is 18.0 Å². The van der Waals surface area contributed by atoms with Gasteiger partial charge in [-0.05, 0) is 31.2 Å². The molecule has 0 saturated heterocycles. The van der Waals surface area contributed by atoms with Crippen molar-refractivity contribution in [2.45, 2.75) is 11.8 Å². The maximum absolute atomic E-state index is 11.9. The van der Waals surface area contributed by atoms with Crippen molar-refractivity contribution in [2.75, 3.05) is 17.6 Å². The fourth-order valence-electron chi connectivity index (χ4n) is 1.26. The highest BCUT2D eigenvalue weighted by Crippen LogP contribution is 2.16. The van der Waals surface area contributed by atoms with Crippen LogP contribution in [0, 0.1) is 6.92 Å². The fourth-order valence-corrected chi connectivity index (χ4v) is 2.24. The lowest BCUT2D eigenvalue weighted by molar-refractivity contribution is 0.399. The molecule has 1 heterocycles. The molecule has 8 heteroatoms. The van der Waals surface area contributed by atoms with Crippen LogP contribution in [0.1, 0.15) is 5.76 Å². The number of anilines is 2. The molecule has 0 fully saturated rings. The molecule has 104 valence electrons. The van der Waals surface area contributed by atoms with Gasteiger partial charge in [0.15, 0.2) is 5.82 Å². The summed E-state index contributed by atoms with van der Waals surface area (Å²) >= 11 is 0. The Morgan fingerprint density at radius 3 is 2.32 bits per heavy atom. The first-order valence-electron chi connectivity index (χ1n) is 5.24. The number of aliphatic hydroxyl groups excluding tert-OH is 1. The summed E-state index contributed by atoms with van der Waals surface area (Å²) in [6.07, 6.45) is 0. The maximum Gasteiger partial charge on any atom is 0.263 e. The second-order valence-corrected chi connectivity index (χ2v) is 5.18. The topological polar surface area (TPSA) is 118 Å². The van der Waals surface area contributed by atoms with Crippen molar-refractivity contribution in [3.05, 3.63) is 36.1 Å². The smallest absolute Gasteiger partial charge is 0.263 e. The molecule has 0 aliphatic heterocycles. The van der Waals surface area contributed by atoms with E-state index in [0.717, 1.165) is 7.11 Å². The lowest BCUT2D eigenvalue weighted by Gasteiger charge is -2.04. The van der Waals surface area contributed by atoms with Gasteiger partial charge in [-0.1, -0.05) is 5.16 Å². The Morgan fingerprint density at radius 1 is 1.26 bits per heavy atom. The third kappa shape index (κ3) is 3.97. The predicted octanol–water partition coefficient (Wildman–Crippen LogP) is 0.975. The molecule has 0 atom stereocenters. The fraction of sp³-hybridized carbons (Fsp3) is 0.182. The Morgan fingerprint density at radius 2 is 1.84 bits per heavy atom. The van der Waals surface area contributed by atoms with E-state index in [1.165, 1.54) is 30.3 Å². The Hall–Kier alpha value is -2.06. The molecule has 0 saturated carbocycles. The van der Waals surface area contributed by atoms with E-state index in [4.69, 9.17) is 15.4 Å². The number of nitrogen functional groups attached to an aromatic ring is 1. The van der Waals surface area contributed by atoms with Gasteiger partial charge in [0.2, 0.25) is 0 Å². The van der Waals surface area contributed by atoms with Gasteiger partial charge in [-0.2, -0.15) is 0 Å². The summed E-state index contributed by atoms with van der Waals surface area (Å²) in [4.78, 5) is 0.118. The molecule has 0 unspecified atom stereocenters. The first-order chi connectivity index (χ1) is 8.97. The molecule has 1 aromatic heterocycles. The van der Waals surface area contributed by atoms with Crippen molar-refractivity contribution in [3.8, 4) is 0 Å². The van der Waals surface area contributed by atoms with Gasteiger partial charge in [0, 0.05) is 18.9 Å². The van der Waals surface area contributed by atoms with Crippen LogP contribution >= 0.6 is 0 Å². The highest BCUT2D eigenvalue weighted by molar-refractivity contribution is 7.92. The van der Waals surface area contributed by atoms with Crippen LogP contribution in [-0.2, 0) is 10.0 Å². The summed E-state index contributed by atoms with van der Waals surface area (Å²) in [5.41, 5.74) is 5.98. The van der Waals surface area contributed by atoms with E-state index >= 15 is 0 Å². The standard InChI is InChI=1S/C10H11N3O3S.CH4O/c1-7-6-10(12-16-7)13-17(14,15)9-4-2-8(11)3-5-9;1-2/h2-6H,11H2,1H3,(H,12,13);2H,1H3. The minimum Gasteiger partial charge on any atom is -0.400 e. The number of aliphatic hydroxyl groups is 1. The van der Waals surface area contributed by atoms with Crippen LogP contribution in [0.4, 0.5) is 11.5 Å². The zero-order valence-corrected chi connectivity index (χ0v) is 11.3. The minimum atomic E-state index is -3.64. The highest BCUT2D eigenvalue weighted by atomic mass is 32.2. The summed E-state index contributed by atoms with van der Waals surface area (Å²) in [5.74, 6) is 0.680. The van der Waals surface area contributed by atoms with Crippen LogP contribution in [-0.4, -0.2) is 25.8 Å². The minimum absolute atomic E-state index is 0.118. The van der Waals surface area contributed by atoms with E-state index in [2.05, 4.69) is 9.88 Å². The van der Waals surface area contributed by atoms with Crippen molar-refractivity contribution in [1.29, 1.82) is 0 Å². The van der Waals surface area contributed by atoms with Gasteiger partial charge >= 0.3 is 0 Å². The SMILES string of the molecule is CO.Cc1cc(NS(=O)(=O)c2ccc(N)cc2)no1. The summed E-state index contributed by atoms with van der Waals surface area (Å²) in [7, 11) is -2.64. The van der Waals surface area contributed by atoms with Gasteiger partial charge in [-0.15, -0.1) is 0 Å². The zero-order chi connectivity index (χ0) is 14.5. The third-order valence-electron chi connectivity index (χ3n) is 2.06. The highest BCUT2D eigenvalue weighted by Gasteiger charge is 2.15. The van der Waals surface area contributed by atoms with Crippen molar-refractivity contribution in [1.82, 2.24) is 5.16 Å². The summed E-state index contributed by atoms with van der Waals surface area (Å²) in [6, 6.07) is 7.37. The number of aromatic nitrogens is 1. The normalized spacial score (nSPS) is 10.5. The van der Waals surface area contributed by atoms with Gasteiger partial charge in [0.05, 0.1) is 4.90 Å². The summed E-state index contributed by atoms with van der Waals surface area (Å²) in [6.45, 7) is 1.67. The molecule has 2 aromatic rings. The average Bonchev–Trinajstić information content (AvgIpc) is 2.77. The lowest BCUT2D eigenvalue weighted by Crippen LogP contribution is -2.13. The van der Waals surface area contributed by atoms with Crippen LogP contribution < -0.4 is 10.5 Å². The molecule has 0 radical (unpaired) electrons. The number of rotatable bonds is 3. The molecular formula is C11H15N3O4S. The van der Waals surface area contributed by atoms with E-state index in [1.54, 1.807) is 6.92 Å². The molecule has 0 spiro atoms.